The van der Waals surface area contributed by atoms with Gasteiger partial charge in [-0.25, -0.2) is 0 Å². The van der Waals surface area contributed by atoms with Gasteiger partial charge in [-0.2, -0.15) is 0 Å². The van der Waals surface area contributed by atoms with Gasteiger partial charge in [0, 0.05) is 19.5 Å². The topological polar surface area (TPSA) is 69.7 Å². The molecule has 6 nitrogen and oxygen atoms in total. The number of hydrogen-bond donors (Lipinski definition) is 1. The van der Waals surface area contributed by atoms with Gasteiger partial charge in [-0.15, -0.1) is 0 Å². The first-order valence-electron chi connectivity index (χ1n) is 11.0. The summed E-state index contributed by atoms with van der Waals surface area (Å²) in [6.07, 6.45) is 0.414. The fourth-order valence-electron chi connectivity index (χ4n) is 4.09. The van der Waals surface area contributed by atoms with E-state index >= 15 is 0 Å². The van der Waals surface area contributed by atoms with Gasteiger partial charge in [0.1, 0.15) is 0 Å². The number of benzene rings is 3. The van der Waals surface area contributed by atoms with Crippen LogP contribution in [-0.2, 0) is 20.8 Å². The molecule has 1 atom stereocenters. The Morgan fingerprint density at radius 2 is 1.58 bits per heavy atom. The highest BCUT2D eigenvalue weighted by molar-refractivity contribution is 6.05. The van der Waals surface area contributed by atoms with Crippen LogP contribution in [0.4, 0.5) is 11.4 Å². The molecule has 1 N–H and O–H groups in total. The van der Waals surface area contributed by atoms with E-state index in [2.05, 4.69) is 5.32 Å². The van der Waals surface area contributed by atoms with E-state index in [1.54, 1.807) is 18.0 Å². The van der Waals surface area contributed by atoms with Crippen LogP contribution in [-0.4, -0.2) is 42.3 Å². The lowest BCUT2D eigenvalue weighted by atomic mass is 10.0. The number of carbonyl (C=O) groups excluding carboxylic acids is 3. The summed E-state index contributed by atoms with van der Waals surface area (Å²) in [5, 5.41) is 2.85. The van der Waals surface area contributed by atoms with E-state index in [1.165, 1.54) is 4.90 Å². The van der Waals surface area contributed by atoms with Gasteiger partial charge < -0.3 is 15.1 Å². The molecular weight excluding hydrogens is 414 g/mol. The fraction of sp³-hybridized carbons (Fsp3) is 0.222. The van der Waals surface area contributed by atoms with E-state index in [4.69, 9.17) is 0 Å². The Morgan fingerprint density at radius 3 is 2.30 bits per heavy atom. The number of amides is 3. The highest BCUT2D eigenvalue weighted by Crippen LogP contribution is 2.31. The molecule has 1 heterocycles. The van der Waals surface area contributed by atoms with Crippen LogP contribution in [0.2, 0.25) is 0 Å². The minimum absolute atomic E-state index is 0.0617. The van der Waals surface area contributed by atoms with Crippen LogP contribution >= 0.6 is 0 Å². The Kier molecular flexibility index (Phi) is 6.54. The van der Waals surface area contributed by atoms with Gasteiger partial charge in [0.25, 0.3) is 0 Å². The maximum Gasteiger partial charge on any atom is 0.246 e. The lowest BCUT2D eigenvalue weighted by Gasteiger charge is -2.29. The van der Waals surface area contributed by atoms with Crippen LogP contribution in [0.15, 0.2) is 78.9 Å². The van der Waals surface area contributed by atoms with Crippen molar-refractivity contribution >= 4 is 29.1 Å². The largest absolute Gasteiger partial charge is 0.336 e. The van der Waals surface area contributed by atoms with Gasteiger partial charge in [-0.3, -0.25) is 14.4 Å². The molecule has 4 rings (SSSR count). The van der Waals surface area contributed by atoms with Crippen LogP contribution < -0.4 is 10.2 Å². The van der Waals surface area contributed by atoms with Gasteiger partial charge in [-0.05, 0) is 35.7 Å². The Hall–Kier alpha value is -3.93. The number of hydrogen-bond acceptors (Lipinski definition) is 3. The number of likely N-dealkylation sites (N-methyl/N-ethyl adjacent to an activating group) is 1. The van der Waals surface area contributed by atoms with Crippen LogP contribution in [0.3, 0.4) is 0 Å². The van der Waals surface area contributed by atoms with Crippen LogP contribution in [0.5, 0.6) is 0 Å². The maximum atomic E-state index is 13.2. The second-order valence-corrected chi connectivity index (χ2v) is 8.37. The van der Waals surface area contributed by atoms with Gasteiger partial charge in [0.05, 0.1) is 24.3 Å². The summed E-state index contributed by atoms with van der Waals surface area (Å²) < 4.78 is 0. The van der Waals surface area contributed by atoms with Crippen molar-refractivity contribution < 1.29 is 14.4 Å². The Labute approximate surface area is 193 Å². The molecule has 3 aromatic rings. The van der Waals surface area contributed by atoms with Crippen molar-refractivity contribution in [2.75, 3.05) is 23.8 Å². The lowest BCUT2D eigenvalue weighted by molar-refractivity contribution is -0.133. The molecule has 168 valence electrons. The van der Waals surface area contributed by atoms with Crippen molar-refractivity contribution in [1.82, 2.24) is 4.90 Å². The molecule has 33 heavy (non-hydrogen) atoms. The van der Waals surface area contributed by atoms with Gasteiger partial charge >= 0.3 is 0 Å². The molecule has 0 saturated heterocycles. The summed E-state index contributed by atoms with van der Waals surface area (Å²) in [5.41, 5.74) is 4.36. The molecule has 0 spiro atoms. The molecule has 6 heteroatoms. The first-order valence-corrected chi connectivity index (χ1v) is 11.0. The average molecular weight is 442 g/mol. The predicted octanol–water partition coefficient (Wildman–Crippen LogP) is 4.12. The van der Waals surface area contributed by atoms with Crippen LogP contribution in [0.25, 0.3) is 11.1 Å². The number of anilines is 2. The summed E-state index contributed by atoms with van der Waals surface area (Å²) in [7, 11) is 1.64. The third kappa shape index (κ3) is 5.12. The molecule has 0 radical (unpaired) electrons. The zero-order chi connectivity index (χ0) is 23.4. The second-order valence-electron chi connectivity index (χ2n) is 8.37. The SMILES string of the molecule is CC1CC(=O)Nc2ccccc2N1C(=O)CN(C)C(=O)Cc1ccc(-c2ccccc2)cc1. The van der Waals surface area contributed by atoms with Crippen molar-refractivity contribution in [3.63, 3.8) is 0 Å². The molecule has 0 aliphatic carbocycles. The first kappa shape index (κ1) is 22.3. The number of rotatable bonds is 5. The Morgan fingerprint density at radius 1 is 0.939 bits per heavy atom. The molecule has 0 fully saturated rings. The molecule has 0 saturated carbocycles. The molecule has 1 aliphatic rings. The van der Waals surface area contributed by atoms with Crippen LogP contribution in [0, 0.1) is 0 Å². The van der Waals surface area contributed by atoms with Gasteiger partial charge in [0.15, 0.2) is 0 Å². The van der Waals surface area contributed by atoms with E-state index in [0.717, 1.165) is 16.7 Å². The summed E-state index contributed by atoms with van der Waals surface area (Å²) in [6, 6.07) is 24.9. The van der Waals surface area contributed by atoms with Gasteiger partial charge in [-0.1, -0.05) is 66.7 Å². The number of nitrogens with one attached hydrogen (secondary N) is 1. The number of carbonyl (C=O) groups is 3. The van der Waals surface area contributed by atoms with Gasteiger partial charge in [0.2, 0.25) is 17.7 Å². The minimum atomic E-state index is -0.310. The van der Waals surface area contributed by atoms with E-state index in [-0.39, 0.29) is 43.1 Å². The summed E-state index contributed by atoms with van der Waals surface area (Å²) in [5.74, 6) is -0.490. The maximum absolute atomic E-state index is 13.2. The number of fused-ring (bicyclic) bond motifs is 1. The minimum Gasteiger partial charge on any atom is -0.336 e. The molecule has 0 aromatic heterocycles. The lowest BCUT2D eigenvalue weighted by Crippen LogP contribution is -2.45. The van der Waals surface area contributed by atoms with E-state index in [9.17, 15) is 14.4 Å². The third-order valence-corrected chi connectivity index (χ3v) is 5.84. The van der Waals surface area contributed by atoms with Crippen molar-refractivity contribution in [3.8, 4) is 11.1 Å². The Bertz CT molecular complexity index is 1160. The van der Waals surface area contributed by atoms with Crippen molar-refractivity contribution in [1.29, 1.82) is 0 Å². The molecule has 3 amide bonds. The molecular formula is C27H27N3O3. The summed E-state index contributed by atoms with van der Waals surface area (Å²) >= 11 is 0. The zero-order valence-corrected chi connectivity index (χ0v) is 18.8. The smallest absolute Gasteiger partial charge is 0.246 e. The highest BCUT2D eigenvalue weighted by atomic mass is 16.2. The van der Waals surface area contributed by atoms with Crippen LogP contribution in [0.1, 0.15) is 18.9 Å². The zero-order valence-electron chi connectivity index (χ0n) is 18.8. The molecule has 0 bridgehead atoms. The van der Waals surface area contributed by atoms with Crippen molar-refractivity contribution in [2.45, 2.75) is 25.8 Å². The van der Waals surface area contributed by atoms with Crippen molar-refractivity contribution in [3.05, 3.63) is 84.4 Å². The number of para-hydroxylation sites is 2. The van der Waals surface area contributed by atoms with E-state index in [1.807, 2.05) is 79.7 Å². The van der Waals surface area contributed by atoms with E-state index < -0.39 is 0 Å². The Balaban J connectivity index is 1.42. The normalized spacial score (nSPS) is 15.3. The average Bonchev–Trinajstić information content (AvgIpc) is 2.94. The summed E-state index contributed by atoms with van der Waals surface area (Å²) in [4.78, 5) is 41.2. The first-order chi connectivity index (χ1) is 15.9. The number of nitrogens with zero attached hydrogens (tertiary/aromatic N) is 2. The second kappa shape index (κ2) is 9.69. The molecule has 3 aromatic carbocycles. The highest BCUT2D eigenvalue weighted by Gasteiger charge is 2.30. The monoisotopic (exact) mass is 441 g/mol. The summed E-state index contributed by atoms with van der Waals surface area (Å²) in [6.45, 7) is 1.78. The third-order valence-electron chi connectivity index (χ3n) is 5.84. The van der Waals surface area contributed by atoms with Crippen molar-refractivity contribution in [2.24, 2.45) is 0 Å². The molecule has 1 aliphatic heterocycles. The van der Waals surface area contributed by atoms with E-state index in [0.29, 0.717) is 11.4 Å². The predicted molar refractivity (Wildman–Crippen MR) is 130 cm³/mol. The quantitative estimate of drug-likeness (QED) is 0.648. The molecule has 1 unspecified atom stereocenters. The standard InChI is InChI=1S/C27H27N3O3/c1-19-16-25(31)28-23-10-6-7-11-24(23)30(19)27(33)18-29(2)26(32)17-20-12-14-22(15-13-20)21-8-4-3-5-9-21/h3-15,19H,16-18H2,1-2H3,(H,28,31). The fourth-order valence-corrected chi connectivity index (χ4v) is 4.09.